The zero-order valence-electron chi connectivity index (χ0n) is 10.1. The number of nitrogens with zero attached hydrogens (tertiary/aromatic N) is 2. The summed E-state index contributed by atoms with van der Waals surface area (Å²) in [6.07, 6.45) is 1.71. The smallest absolute Gasteiger partial charge is 0.0931 e. The van der Waals surface area contributed by atoms with Gasteiger partial charge in [-0.25, -0.2) is 4.98 Å². The minimum absolute atomic E-state index is 0.0379. The Bertz CT molecular complexity index is 478. The number of imidazole rings is 1. The monoisotopic (exact) mass is 233 g/mol. The number of fused-ring (bicyclic) bond motifs is 1. The first-order valence-corrected chi connectivity index (χ1v) is 5.75. The number of hydrogen-bond donors (Lipinski definition) is 3. The van der Waals surface area contributed by atoms with Gasteiger partial charge in [-0.3, -0.25) is 0 Å². The molecule has 0 aliphatic carbocycles. The molecule has 2 aromatic rings. The second kappa shape index (κ2) is 5.27. The molecule has 1 aromatic carbocycles. The van der Waals surface area contributed by atoms with E-state index in [2.05, 4.69) is 27.0 Å². The Morgan fingerprint density at radius 1 is 1.47 bits per heavy atom. The molecule has 5 nitrogen and oxygen atoms in total. The zero-order chi connectivity index (χ0) is 12.3. The molecule has 0 aliphatic rings. The predicted molar refractivity (Wildman–Crippen MR) is 69.5 cm³/mol. The summed E-state index contributed by atoms with van der Waals surface area (Å²) in [4.78, 5) is 9.48. The second-order valence-corrected chi connectivity index (χ2v) is 4.45. The molecule has 0 amide bonds. The number of likely N-dealkylation sites (N-methyl/N-ethyl adjacent to an activating group) is 1. The van der Waals surface area contributed by atoms with E-state index < -0.39 is 0 Å². The molecule has 0 saturated heterocycles. The van der Waals surface area contributed by atoms with Crippen molar-refractivity contribution in [2.24, 2.45) is 11.5 Å². The molecule has 1 unspecified atom stereocenters. The van der Waals surface area contributed by atoms with Crippen LogP contribution in [-0.4, -0.2) is 41.0 Å². The van der Waals surface area contributed by atoms with Crippen molar-refractivity contribution in [3.63, 3.8) is 0 Å². The summed E-state index contributed by atoms with van der Waals surface area (Å²) >= 11 is 0. The van der Waals surface area contributed by atoms with Gasteiger partial charge in [0.2, 0.25) is 0 Å². The van der Waals surface area contributed by atoms with E-state index in [1.165, 1.54) is 5.56 Å². The van der Waals surface area contributed by atoms with Gasteiger partial charge >= 0.3 is 0 Å². The van der Waals surface area contributed by atoms with Gasteiger partial charge in [0, 0.05) is 25.7 Å². The van der Waals surface area contributed by atoms with Crippen LogP contribution in [0.3, 0.4) is 0 Å². The van der Waals surface area contributed by atoms with E-state index in [1.54, 1.807) is 6.33 Å². The van der Waals surface area contributed by atoms with Gasteiger partial charge in [-0.1, -0.05) is 6.07 Å². The van der Waals surface area contributed by atoms with Crippen molar-refractivity contribution in [3.05, 3.63) is 30.1 Å². The lowest BCUT2D eigenvalue weighted by molar-refractivity contribution is 0.305. The topological polar surface area (TPSA) is 84.0 Å². The van der Waals surface area contributed by atoms with Crippen molar-refractivity contribution in [3.8, 4) is 0 Å². The molecule has 1 heterocycles. The summed E-state index contributed by atoms with van der Waals surface area (Å²) in [5.41, 5.74) is 14.6. The maximum atomic E-state index is 5.82. The summed E-state index contributed by atoms with van der Waals surface area (Å²) in [6.45, 7) is 2.18. The summed E-state index contributed by atoms with van der Waals surface area (Å²) in [7, 11) is 2.05. The predicted octanol–water partition coefficient (Wildman–Crippen LogP) is 0.281. The third-order valence-corrected chi connectivity index (χ3v) is 2.79. The lowest BCUT2D eigenvalue weighted by atomic mass is 10.2. The fourth-order valence-corrected chi connectivity index (χ4v) is 1.93. The van der Waals surface area contributed by atoms with Crippen LogP contribution in [0.4, 0.5) is 0 Å². The van der Waals surface area contributed by atoms with E-state index in [0.717, 1.165) is 24.1 Å². The van der Waals surface area contributed by atoms with Gasteiger partial charge in [-0.15, -0.1) is 0 Å². The van der Waals surface area contributed by atoms with Crippen LogP contribution in [0.15, 0.2) is 24.5 Å². The molecule has 5 heteroatoms. The van der Waals surface area contributed by atoms with Crippen molar-refractivity contribution in [2.45, 2.75) is 12.6 Å². The van der Waals surface area contributed by atoms with Gasteiger partial charge in [0.1, 0.15) is 0 Å². The van der Waals surface area contributed by atoms with Crippen LogP contribution < -0.4 is 11.5 Å². The first-order chi connectivity index (χ1) is 8.19. The molecule has 0 aliphatic heterocycles. The molecule has 5 N–H and O–H groups in total. The first kappa shape index (κ1) is 12.0. The van der Waals surface area contributed by atoms with E-state index in [9.17, 15) is 0 Å². The van der Waals surface area contributed by atoms with Crippen molar-refractivity contribution >= 4 is 11.0 Å². The molecule has 0 radical (unpaired) electrons. The molecule has 0 saturated carbocycles. The normalized spacial score (nSPS) is 13.4. The Balaban J connectivity index is 2.02. The van der Waals surface area contributed by atoms with E-state index in [0.29, 0.717) is 6.54 Å². The molecule has 17 heavy (non-hydrogen) atoms. The largest absolute Gasteiger partial charge is 0.345 e. The SMILES string of the molecule is CN(Cc1ccc2nc[nH]c2c1)CC(N)CN. The lowest BCUT2D eigenvalue weighted by Crippen LogP contribution is -2.40. The fraction of sp³-hybridized carbons (Fsp3) is 0.417. The standard InChI is InChI=1S/C12H19N5/c1-17(7-10(14)5-13)6-9-2-3-11-12(4-9)16-8-15-11/h2-4,8,10H,5-7,13-14H2,1H3,(H,15,16). The van der Waals surface area contributed by atoms with Crippen LogP contribution in [0, 0.1) is 0 Å². The number of nitrogens with one attached hydrogen (secondary N) is 1. The molecule has 1 atom stereocenters. The number of nitrogens with two attached hydrogens (primary N) is 2. The molecule has 2 rings (SSSR count). The van der Waals surface area contributed by atoms with Gasteiger partial charge in [-0.2, -0.15) is 0 Å². The minimum Gasteiger partial charge on any atom is -0.345 e. The number of H-pyrrole nitrogens is 1. The molecule has 1 aromatic heterocycles. The van der Waals surface area contributed by atoms with Crippen LogP contribution in [0.5, 0.6) is 0 Å². The van der Waals surface area contributed by atoms with Gasteiger partial charge in [0.05, 0.1) is 17.4 Å². The summed E-state index contributed by atoms with van der Waals surface area (Å²) in [5, 5.41) is 0. The fourth-order valence-electron chi connectivity index (χ4n) is 1.93. The quantitative estimate of drug-likeness (QED) is 0.692. The molecule has 0 fully saturated rings. The molecule has 0 spiro atoms. The van der Waals surface area contributed by atoms with Crippen LogP contribution in [0.25, 0.3) is 11.0 Å². The Labute approximate surface area is 101 Å². The van der Waals surface area contributed by atoms with Crippen LogP contribution in [0.1, 0.15) is 5.56 Å². The van der Waals surface area contributed by atoms with Gasteiger partial charge < -0.3 is 21.4 Å². The van der Waals surface area contributed by atoms with E-state index in [4.69, 9.17) is 11.5 Å². The van der Waals surface area contributed by atoms with Crippen molar-refractivity contribution in [1.82, 2.24) is 14.9 Å². The van der Waals surface area contributed by atoms with Gasteiger partial charge in [-0.05, 0) is 24.7 Å². The molecular weight excluding hydrogens is 214 g/mol. The number of aromatic amines is 1. The van der Waals surface area contributed by atoms with Crippen LogP contribution >= 0.6 is 0 Å². The second-order valence-electron chi connectivity index (χ2n) is 4.45. The highest BCUT2D eigenvalue weighted by molar-refractivity contribution is 5.74. The highest BCUT2D eigenvalue weighted by Gasteiger charge is 2.06. The number of hydrogen-bond acceptors (Lipinski definition) is 4. The summed E-state index contributed by atoms with van der Waals surface area (Å²) in [5.74, 6) is 0. The van der Waals surface area contributed by atoms with Gasteiger partial charge in [0.15, 0.2) is 0 Å². The van der Waals surface area contributed by atoms with Crippen LogP contribution in [-0.2, 0) is 6.54 Å². The van der Waals surface area contributed by atoms with E-state index in [-0.39, 0.29) is 6.04 Å². The Morgan fingerprint density at radius 2 is 2.29 bits per heavy atom. The first-order valence-electron chi connectivity index (χ1n) is 5.75. The van der Waals surface area contributed by atoms with Crippen LogP contribution in [0.2, 0.25) is 0 Å². The Morgan fingerprint density at radius 3 is 3.06 bits per heavy atom. The zero-order valence-corrected chi connectivity index (χ0v) is 10.1. The van der Waals surface area contributed by atoms with Gasteiger partial charge in [0.25, 0.3) is 0 Å². The summed E-state index contributed by atoms with van der Waals surface area (Å²) < 4.78 is 0. The van der Waals surface area contributed by atoms with E-state index in [1.807, 2.05) is 13.1 Å². The average molecular weight is 233 g/mol. The van der Waals surface area contributed by atoms with E-state index >= 15 is 0 Å². The van der Waals surface area contributed by atoms with Crippen molar-refractivity contribution < 1.29 is 0 Å². The highest BCUT2D eigenvalue weighted by Crippen LogP contribution is 2.12. The third kappa shape index (κ3) is 3.03. The minimum atomic E-state index is 0.0379. The average Bonchev–Trinajstić information content (AvgIpc) is 2.75. The molecule has 92 valence electrons. The van der Waals surface area contributed by atoms with Crippen molar-refractivity contribution in [2.75, 3.05) is 20.1 Å². The summed E-state index contributed by atoms with van der Waals surface area (Å²) in [6, 6.07) is 6.27. The van der Waals surface area contributed by atoms with Crippen molar-refractivity contribution in [1.29, 1.82) is 0 Å². The Hall–Kier alpha value is -1.43. The maximum absolute atomic E-state index is 5.82. The highest BCUT2D eigenvalue weighted by atomic mass is 15.1. The number of aromatic nitrogens is 2. The lowest BCUT2D eigenvalue weighted by Gasteiger charge is -2.20. The third-order valence-electron chi connectivity index (χ3n) is 2.79. The number of rotatable bonds is 5. The maximum Gasteiger partial charge on any atom is 0.0931 e. The number of benzene rings is 1. The Kier molecular flexibility index (Phi) is 3.73. The molecule has 0 bridgehead atoms. The molecular formula is C12H19N5.